The number of nitrogens with one attached hydrogen (secondary N) is 3. The normalized spacial score (nSPS) is 19.3. The summed E-state index contributed by atoms with van der Waals surface area (Å²) in [7, 11) is 1.29. The lowest BCUT2D eigenvalue weighted by atomic mass is 9.80. The Balaban J connectivity index is 1.79. The molecule has 45 heavy (non-hydrogen) atoms. The Bertz CT molecular complexity index is 1180. The van der Waals surface area contributed by atoms with E-state index in [1.54, 1.807) is 20.8 Å². The van der Waals surface area contributed by atoms with Crippen LogP contribution in [0.3, 0.4) is 0 Å². The monoisotopic (exact) mass is 646 g/mol. The Morgan fingerprint density at radius 1 is 0.978 bits per heavy atom. The highest BCUT2D eigenvalue weighted by Crippen LogP contribution is 2.31. The van der Waals surface area contributed by atoms with Crippen LogP contribution in [0.25, 0.3) is 0 Å². The van der Waals surface area contributed by atoms with Crippen molar-refractivity contribution in [2.45, 2.75) is 120 Å². The molecule has 12 heteroatoms. The van der Waals surface area contributed by atoms with Gasteiger partial charge in [0, 0.05) is 17.2 Å². The zero-order valence-corrected chi connectivity index (χ0v) is 28.3. The number of likely N-dealkylation sites (tertiary alicyclic amines) is 1. The number of alkyl carbamates (subject to hydrolysis) is 1. The van der Waals surface area contributed by atoms with Crippen LogP contribution < -0.4 is 16.0 Å². The summed E-state index contributed by atoms with van der Waals surface area (Å²) in [6.45, 7) is 9.49. The third-order valence-electron chi connectivity index (χ3n) is 7.99. The topological polar surface area (TPSA) is 143 Å². The van der Waals surface area contributed by atoms with Gasteiger partial charge in [0.15, 0.2) is 0 Å². The Kier molecular flexibility index (Phi) is 13.1. The van der Waals surface area contributed by atoms with Crippen molar-refractivity contribution in [1.82, 2.24) is 20.9 Å². The SMILES string of the molecule is COC(=O)[C@H](CC(C)C)NC(=O)C1(NC(=O)[C@H]2CCCN2C(=O)[C@H](CSc2ccccc2)NC(=O)OC(C)(C)C)CCCCC1. The first-order chi connectivity index (χ1) is 21.2. The number of ether oxygens (including phenoxy) is 2. The molecule has 0 spiro atoms. The van der Waals surface area contributed by atoms with E-state index in [0.717, 1.165) is 24.2 Å². The molecule has 1 aliphatic carbocycles. The van der Waals surface area contributed by atoms with Crippen molar-refractivity contribution in [3.05, 3.63) is 30.3 Å². The summed E-state index contributed by atoms with van der Waals surface area (Å²) in [6.07, 6.45) is 4.00. The molecule has 250 valence electrons. The minimum absolute atomic E-state index is 0.131. The maximum atomic E-state index is 14.0. The number of hydrogen-bond acceptors (Lipinski definition) is 8. The van der Waals surface area contributed by atoms with E-state index in [0.29, 0.717) is 38.6 Å². The van der Waals surface area contributed by atoms with Gasteiger partial charge < -0.3 is 30.3 Å². The molecule has 3 atom stereocenters. The molecular weight excluding hydrogens is 596 g/mol. The fraction of sp³-hybridized carbons (Fsp3) is 0.667. The van der Waals surface area contributed by atoms with Crippen LogP contribution in [0.15, 0.2) is 35.2 Å². The lowest BCUT2D eigenvalue weighted by molar-refractivity contribution is -0.147. The molecule has 3 rings (SSSR count). The van der Waals surface area contributed by atoms with Crippen molar-refractivity contribution in [3.8, 4) is 0 Å². The molecule has 4 amide bonds. The van der Waals surface area contributed by atoms with Gasteiger partial charge in [-0.1, -0.05) is 51.3 Å². The number of hydrogen-bond donors (Lipinski definition) is 3. The molecule has 1 aromatic carbocycles. The van der Waals surface area contributed by atoms with Crippen molar-refractivity contribution >= 4 is 41.5 Å². The van der Waals surface area contributed by atoms with Gasteiger partial charge in [-0.25, -0.2) is 9.59 Å². The third kappa shape index (κ3) is 10.6. The highest BCUT2D eigenvalue weighted by molar-refractivity contribution is 7.99. The van der Waals surface area contributed by atoms with Gasteiger partial charge >= 0.3 is 12.1 Å². The van der Waals surface area contributed by atoms with Gasteiger partial charge in [0.05, 0.1) is 7.11 Å². The first-order valence-corrected chi connectivity index (χ1v) is 16.9. The van der Waals surface area contributed by atoms with E-state index in [1.165, 1.54) is 23.8 Å². The molecule has 0 aromatic heterocycles. The summed E-state index contributed by atoms with van der Waals surface area (Å²) in [5.74, 6) is -1.36. The van der Waals surface area contributed by atoms with Crippen LogP contribution in [0.2, 0.25) is 0 Å². The zero-order chi connectivity index (χ0) is 33.2. The lowest BCUT2D eigenvalue weighted by Crippen LogP contribution is -2.64. The van der Waals surface area contributed by atoms with Crippen LogP contribution >= 0.6 is 11.8 Å². The van der Waals surface area contributed by atoms with E-state index in [9.17, 15) is 24.0 Å². The average Bonchev–Trinajstić information content (AvgIpc) is 3.48. The number of carbonyl (C=O) groups is 5. The first kappa shape index (κ1) is 36.2. The fourth-order valence-corrected chi connectivity index (χ4v) is 6.77. The highest BCUT2D eigenvalue weighted by Gasteiger charge is 2.46. The molecule has 2 aliphatic rings. The standard InChI is InChI=1S/C33H50N4O7S/c1-22(2)20-24(29(40)43-6)34-30(41)33(17-11-8-12-18-33)36-27(38)26-16-13-19-37(26)28(39)25(35-31(42)44-32(3,4)5)21-45-23-14-9-7-10-15-23/h7,9-10,14-15,22,24-26H,8,11-13,16-21H2,1-6H3,(H,34,41)(H,35,42)(H,36,38)/t24-,25-,26+/m0/s1. The van der Waals surface area contributed by atoms with Crippen LogP contribution in [0.4, 0.5) is 4.79 Å². The Labute approximate surface area is 271 Å². The van der Waals surface area contributed by atoms with Gasteiger partial charge in [-0.3, -0.25) is 14.4 Å². The molecule has 1 saturated heterocycles. The predicted molar refractivity (Wildman–Crippen MR) is 172 cm³/mol. The smallest absolute Gasteiger partial charge is 0.408 e. The lowest BCUT2D eigenvalue weighted by Gasteiger charge is -2.39. The molecule has 0 unspecified atom stereocenters. The van der Waals surface area contributed by atoms with Crippen molar-refractivity contribution in [1.29, 1.82) is 0 Å². The predicted octanol–water partition coefficient (Wildman–Crippen LogP) is 4.19. The summed E-state index contributed by atoms with van der Waals surface area (Å²) in [6, 6.07) is 6.97. The molecule has 0 radical (unpaired) electrons. The zero-order valence-electron chi connectivity index (χ0n) is 27.5. The Morgan fingerprint density at radius 2 is 1.64 bits per heavy atom. The van der Waals surface area contributed by atoms with Crippen molar-refractivity contribution in [3.63, 3.8) is 0 Å². The minimum atomic E-state index is -1.20. The van der Waals surface area contributed by atoms with Gasteiger partial charge in [0.25, 0.3) is 0 Å². The first-order valence-electron chi connectivity index (χ1n) is 15.9. The number of methoxy groups -OCH3 is 1. The van der Waals surface area contributed by atoms with E-state index in [1.807, 2.05) is 44.2 Å². The molecule has 2 fully saturated rings. The van der Waals surface area contributed by atoms with Gasteiger partial charge in [0.2, 0.25) is 17.7 Å². The number of nitrogens with zero attached hydrogens (tertiary/aromatic N) is 1. The second-order valence-electron chi connectivity index (χ2n) is 13.3. The summed E-state index contributed by atoms with van der Waals surface area (Å²) in [4.78, 5) is 69.3. The molecule has 3 N–H and O–H groups in total. The second kappa shape index (κ2) is 16.3. The average molecular weight is 647 g/mol. The maximum Gasteiger partial charge on any atom is 0.408 e. The molecule has 11 nitrogen and oxygen atoms in total. The molecular formula is C33H50N4O7S. The van der Waals surface area contributed by atoms with E-state index in [-0.39, 0.29) is 17.6 Å². The Morgan fingerprint density at radius 3 is 2.24 bits per heavy atom. The number of rotatable bonds is 12. The highest BCUT2D eigenvalue weighted by atomic mass is 32.2. The quantitative estimate of drug-likeness (QED) is 0.227. The molecule has 1 aromatic rings. The second-order valence-corrected chi connectivity index (χ2v) is 14.4. The fourth-order valence-electron chi connectivity index (χ4n) is 5.83. The van der Waals surface area contributed by atoms with Gasteiger partial charge in [-0.2, -0.15) is 0 Å². The number of esters is 1. The van der Waals surface area contributed by atoms with E-state index in [4.69, 9.17) is 9.47 Å². The molecule has 1 aliphatic heterocycles. The van der Waals surface area contributed by atoms with E-state index in [2.05, 4.69) is 16.0 Å². The minimum Gasteiger partial charge on any atom is -0.467 e. The van der Waals surface area contributed by atoms with Crippen molar-refractivity contribution < 1.29 is 33.4 Å². The number of thioether (sulfide) groups is 1. The van der Waals surface area contributed by atoms with E-state index >= 15 is 0 Å². The maximum absolute atomic E-state index is 14.0. The van der Waals surface area contributed by atoms with Gasteiger partial charge in [-0.15, -0.1) is 11.8 Å². The molecule has 1 saturated carbocycles. The number of carbonyl (C=O) groups excluding carboxylic acids is 5. The summed E-state index contributed by atoms with van der Waals surface area (Å²) < 4.78 is 10.4. The summed E-state index contributed by atoms with van der Waals surface area (Å²) >= 11 is 1.42. The van der Waals surface area contributed by atoms with Gasteiger partial charge in [-0.05, 0) is 70.9 Å². The molecule has 0 bridgehead atoms. The van der Waals surface area contributed by atoms with Gasteiger partial charge in [0.1, 0.15) is 29.3 Å². The van der Waals surface area contributed by atoms with Crippen LogP contribution in [0.1, 0.15) is 86.0 Å². The van der Waals surface area contributed by atoms with Crippen LogP contribution in [-0.4, -0.2) is 83.4 Å². The Hall–Kier alpha value is -3.28. The number of amides is 4. The summed E-state index contributed by atoms with van der Waals surface area (Å²) in [5, 5.41) is 8.61. The van der Waals surface area contributed by atoms with Crippen LogP contribution in [0.5, 0.6) is 0 Å². The van der Waals surface area contributed by atoms with Crippen LogP contribution in [-0.2, 0) is 28.7 Å². The third-order valence-corrected chi connectivity index (χ3v) is 9.10. The number of benzene rings is 1. The van der Waals surface area contributed by atoms with E-state index < -0.39 is 53.1 Å². The largest absolute Gasteiger partial charge is 0.467 e. The van der Waals surface area contributed by atoms with Crippen molar-refractivity contribution in [2.24, 2.45) is 5.92 Å². The summed E-state index contributed by atoms with van der Waals surface area (Å²) in [5.41, 5.74) is -1.95. The molecule has 1 heterocycles. The van der Waals surface area contributed by atoms with Crippen LogP contribution in [0, 0.1) is 5.92 Å². The van der Waals surface area contributed by atoms with Crippen molar-refractivity contribution in [2.75, 3.05) is 19.4 Å².